The van der Waals surface area contributed by atoms with Gasteiger partial charge in [0, 0.05) is 30.0 Å². The molecule has 0 amide bonds. The number of nitrogens with one attached hydrogen (secondary N) is 1. The van der Waals surface area contributed by atoms with E-state index < -0.39 is 11.9 Å². The first-order valence-electron chi connectivity index (χ1n) is 9.25. The smallest absolute Gasteiger partial charge is 0.270 e. The summed E-state index contributed by atoms with van der Waals surface area (Å²) >= 11 is 0. The van der Waals surface area contributed by atoms with Crippen LogP contribution in [0.2, 0.25) is 0 Å². The number of benzene rings is 1. The summed E-state index contributed by atoms with van der Waals surface area (Å²) in [5.74, 6) is 0.00915. The SMILES string of the molecule is CC.CCOc1ccc(C(OCC)c2c(C)n(C(C)C)[nH]c2=O)c(F)c1. The van der Waals surface area contributed by atoms with Crippen molar-refractivity contribution in [1.82, 2.24) is 9.78 Å². The molecule has 1 unspecified atom stereocenters. The topological polar surface area (TPSA) is 56.2 Å². The van der Waals surface area contributed by atoms with Crippen molar-refractivity contribution in [1.29, 1.82) is 0 Å². The van der Waals surface area contributed by atoms with Crippen LogP contribution < -0.4 is 10.3 Å². The molecule has 0 aliphatic heterocycles. The van der Waals surface area contributed by atoms with Crippen molar-refractivity contribution in [3.63, 3.8) is 0 Å². The summed E-state index contributed by atoms with van der Waals surface area (Å²) in [5, 5.41) is 2.81. The number of aromatic amines is 1. The molecule has 0 saturated heterocycles. The maximum Gasteiger partial charge on any atom is 0.270 e. The zero-order chi connectivity index (χ0) is 19.9. The van der Waals surface area contributed by atoms with Crippen LogP contribution in [-0.2, 0) is 4.74 Å². The molecular formula is C20H31FN2O3. The Morgan fingerprint density at radius 2 is 1.85 bits per heavy atom. The second-order valence-electron chi connectivity index (χ2n) is 5.86. The van der Waals surface area contributed by atoms with Crippen LogP contribution in [-0.4, -0.2) is 23.0 Å². The minimum atomic E-state index is -0.755. The second-order valence-corrected chi connectivity index (χ2v) is 5.86. The van der Waals surface area contributed by atoms with E-state index in [0.717, 1.165) is 5.69 Å². The molecule has 1 atom stereocenters. The molecule has 1 aromatic carbocycles. The minimum Gasteiger partial charge on any atom is -0.494 e. The van der Waals surface area contributed by atoms with Gasteiger partial charge in [0.1, 0.15) is 17.7 Å². The number of hydrogen-bond donors (Lipinski definition) is 1. The van der Waals surface area contributed by atoms with Crippen molar-refractivity contribution in [3.05, 3.63) is 51.2 Å². The maximum absolute atomic E-state index is 14.6. The number of ether oxygens (including phenoxy) is 2. The highest BCUT2D eigenvalue weighted by molar-refractivity contribution is 5.36. The molecular weight excluding hydrogens is 335 g/mol. The van der Waals surface area contributed by atoms with Gasteiger partial charge < -0.3 is 9.47 Å². The van der Waals surface area contributed by atoms with Crippen molar-refractivity contribution in [2.45, 2.75) is 60.6 Å². The van der Waals surface area contributed by atoms with Crippen LogP contribution in [0.3, 0.4) is 0 Å². The van der Waals surface area contributed by atoms with Gasteiger partial charge in [0.15, 0.2) is 0 Å². The standard InChI is InChI=1S/C18H25FN2O3.C2H6/c1-6-23-13-8-9-14(15(19)10-13)17(24-7-2)16-12(5)21(11(3)4)20-18(16)22;1-2/h8-11,17H,6-7H2,1-5H3,(H,20,22);1-2H3. The molecule has 1 heterocycles. The van der Waals surface area contributed by atoms with Crippen LogP contribution in [0.5, 0.6) is 5.75 Å². The minimum absolute atomic E-state index is 0.0962. The van der Waals surface area contributed by atoms with Crippen LogP contribution in [0.15, 0.2) is 23.0 Å². The van der Waals surface area contributed by atoms with E-state index in [1.54, 1.807) is 16.8 Å². The van der Waals surface area contributed by atoms with Crippen LogP contribution in [0.4, 0.5) is 4.39 Å². The van der Waals surface area contributed by atoms with Gasteiger partial charge in [0.05, 0.1) is 12.2 Å². The Kier molecular flexibility index (Phi) is 8.58. The monoisotopic (exact) mass is 366 g/mol. The third-order valence-electron chi connectivity index (χ3n) is 3.90. The predicted molar refractivity (Wildman–Crippen MR) is 103 cm³/mol. The lowest BCUT2D eigenvalue weighted by atomic mass is 10.0. The highest BCUT2D eigenvalue weighted by Crippen LogP contribution is 2.30. The Hall–Kier alpha value is -2.08. The zero-order valence-corrected chi connectivity index (χ0v) is 16.9. The van der Waals surface area contributed by atoms with Gasteiger partial charge in [-0.2, -0.15) is 0 Å². The first-order chi connectivity index (χ1) is 12.4. The third kappa shape index (κ3) is 4.75. The van der Waals surface area contributed by atoms with Gasteiger partial charge in [-0.1, -0.05) is 13.8 Å². The number of H-pyrrole nitrogens is 1. The number of nitrogens with zero attached hydrogens (tertiary/aromatic N) is 1. The van der Waals surface area contributed by atoms with E-state index in [4.69, 9.17) is 9.47 Å². The fraction of sp³-hybridized carbons (Fsp3) is 0.550. The highest BCUT2D eigenvalue weighted by Gasteiger charge is 2.26. The van der Waals surface area contributed by atoms with Crippen LogP contribution in [0, 0.1) is 12.7 Å². The van der Waals surface area contributed by atoms with Crippen LogP contribution in [0.25, 0.3) is 0 Å². The molecule has 0 spiro atoms. The highest BCUT2D eigenvalue weighted by atomic mass is 19.1. The van der Waals surface area contributed by atoms with Crippen LogP contribution >= 0.6 is 0 Å². The fourth-order valence-electron chi connectivity index (χ4n) is 2.84. The summed E-state index contributed by atoms with van der Waals surface area (Å²) in [5.41, 5.74) is 1.26. The summed E-state index contributed by atoms with van der Waals surface area (Å²) in [7, 11) is 0. The number of rotatable bonds is 7. The van der Waals surface area contributed by atoms with Gasteiger partial charge in [0.2, 0.25) is 0 Å². The quantitative estimate of drug-likeness (QED) is 0.769. The average molecular weight is 366 g/mol. The largest absolute Gasteiger partial charge is 0.494 e. The van der Waals surface area contributed by atoms with Gasteiger partial charge in [-0.3, -0.25) is 14.6 Å². The van der Waals surface area contributed by atoms with E-state index in [2.05, 4.69) is 5.10 Å². The van der Waals surface area contributed by atoms with E-state index in [0.29, 0.717) is 30.1 Å². The maximum atomic E-state index is 14.6. The summed E-state index contributed by atoms with van der Waals surface area (Å²) in [4.78, 5) is 12.4. The third-order valence-corrected chi connectivity index (χ3v) is 3.90. The summed E-state index contributed by atoms with van der Waals surface area (Å²) in [6.07, 6.45) is -0.755. The molecule has 0 bridgehead atoms. The Morgan fingerprint density at radius 1 is 1.19 bits per heavy atom. The summed E-state index contributed by atoms with van der Waals surface area (Å²) < 4.78 is 27.4. The van der Waals surface area contributed by atoms with E-state index in [1.807, 2.05) is 48.5 Å². The normalized spacial score (nSPS) is 11.9. The second kappa shape index (κ2) is 10.2. The molecule has 1 aromatic heterocycles. The molecule has 0 fully saturated rings. The molecule has 0 aliphatic carbocycles. The number of halogens is 1. The Morgan fingerprint density at radius 3 is 2.31 bits per heavy atom. The first-order valence-corrected chi connectivity index (χ1v) is 9.25. The van der Waals surface area contributed by atoms with E-state index in [9.17, 15) is 9.18 Å². The van der Waals surface area contributed by atoms with Crippen molar-refractivity contribution in [2.24, 2.45) is 0 Å². The van der Waals surface area contributed by atoms with E-state index >= 15 is 0 Å². The molecule has 1 N–H and O–H groups in total. The molecule has 2 rings (SSSR count). The molecule has 6 heteroatoms. The van der Waals surface area contributed by atoms with Crippen LogP contribution in [0.1, 0.15) is 70.5 Å². The molecule has 0 radical (unpaired) electrons. The summed E-state index contributed by atoms with van der Waals surface area (Å²) in [6, 6.07) is 4.73. The number of hydrogen-bond acceptors (Lipinski definition) is 3. The predicted octanol–water partition coefficient (Wildman–Crippen LogP) is 4.76. The van der Waals surface area contributed by atoms with E-state index in [-0.39, 0.29) is 11.6 Å². The lowest BCUT2D eigenvalue weighted by molar-refractivity contribution is 0.0874. The van der Waals surface area contributed by atoms with Crippen molar-refractivity contribution in [2.75, 3.05) is 13.2 Å². The summed E-state index contributed by atoms with van der Waals surface area (Å²) in [6.45, 7) is 14.3. The Balaban J connectivity index is 0.00000163. The average Bonchev–Trinajstić information content (AvgIpc) is 2.90. The number of aromatic nitrogens is 2. The Bertz CT molecular complexity index is 750. The van der Waals surface area contributed by atoms with Gasteiger partial charge in [-0.25, -0.2) is 4.39 Å². The van der Waals surface area contributed by atoms with Gasteiger partial charge in [-0.05, 0) is 46.8 Å². The van der Waals surface area contributed by atoms with Crippen molar-refractivity contribution in [3.8, 4) is 5.75 Å². The zero-order valence-electron chi connectivity index (χ0n) is 16.9. The van der Waals surface area contributed by atoms with Crippen molar-refractivity contribution >= 4 is 0 Å². The fourth-order valence-corrected chi connectivity index (χ4v) is 2.84. The molecule has 0 aliphatic rings. The molecule has 2 aromatic rings. The lowest BCUT2D eigenvalue weighted by Crippen LogP contribution is -2.17. The van der Waals surface area contributed by atoms with Gasteiger partial charge in [-0.15, -0.1) is 0 Å². The molecule has 0 saturated carbocycles. The lowest BCUT2D eigenvalue weighted by Gasteiger charge is -2.19. The van der Waals surface area contributed by atoms with Gasteiger partial charge in [0.25, 0.3) is 5.56 Å². The van der Waals surface area contributed by atoms with Gasteiger partial charge >= 0.3 is 0 Å². The Labute approximate surface area is 155 Å². The molecule has 5 nitrogen and oxygen atoms in total. The van der Waals surface area contributed by atoms with Crippen molar-refractivity contribution < 1.29 is 13.9 Å². The van der Waals surface area contributed by atoms with E-state index in [1.165, 1.54) is 6.07 Å². The molecule has 26 heavy (non-hydrogen) atoms. The first kappa shape index (κ1) is 22.0. The molecule has 146 valence electrons.